The van der Waals surface area contributed by atoms with Crippen LogP contribution in [-0.2, 0) is 15.7 Å². The fraction of sp³-hybridized carbons (Fsp3) is 0.263. The summed E-state index contributed by atoms with van der Waals surface area (Å²) >= 11 is 0. The molecular weight excluding hydrogens is 724 g/mol. The summed E-state index contributed by atoms with van der Waals surface area (Å²) in [5, 5.41) is 7.36. The highest BCUT2D eigenvalue weighted by Crippen LogP contribution is 2.43. The van der Waals surface area contributed by atoms with Gasteiger partial charge in [0.15, 0.2) is 17.3 Å². The Hall–Kier alpha value is -6.20. The smallest absolute Gasteiger partial charge is 0.417 e. The molecule has 0 unspecified atom stereocenters. The van der Waals surface area contributed by atoms with Crippen molar-refractivity contribution in [3.8, 4) is 39.5 Å². The van der Waals surface area contributed by atoms with E-state index in [0.29, 0.717) is 51.5 Å². The highest BCUT2D eigenvalue weighted by molar-refractivity contribution is 5.94. The lowest BCUT2D eigenvalue weighted by Crippen LogP contribution is -2.10. The number of rotatable bonds is 13. The van der Waals surface area contributed by atoms with E-state index >= 15 is 0 Å². The Morgan fingerprint density at radius 3 is 1.71 bits per heavy atom. The summed E-state index contributed by atoms with van der Waals surface area (Å²) in [4.78, 5) is 16.7. The lowest BCUT2D eigenvalue weighted by molar-refractivity contribution is -0.137. The Kier molecular flexibility index (Phi) is 12.9. The Balaban J connectivity index is 0.000000211. The number of alkyl halides is 3. The first-order valence-electron chi connectivity index (χ1n) is 16.7. The molecule has 2 aromatic heterocycles. The number of benzene rings is 4. The van der Waals surface area contributed by atoms with E-state index in [9.17, 15) is 17.6 Å². The van der Waals surface area contributed by atoms with Gasteiger partial charge < -0.3 is 45.8 Å². The molecule has 6 aromatic rings. The van der Waals surface area contributed by atoms with Crippen LogP contribution in [-0.4, -0.2) is 81.8 Å². The third-order valence-electron chi connectivity index (χ3n) is 8.16. The Morgan fingerprint density at radius 1 is 0.636 bits per heavy atom. The first-order valence-corrected chi connectivity index (χ1v) is 16.7. The molecule has 2 heterocycles. The van der Waals surface area contributed by atoms with Crippen LogP contribution in [0.1, 0.15) is 5.56 Å². The number of nitrogens with zero attached hydrogens (tertiary/aromatic N) is 4. The van der Waals surface area contributed by atoms with Crippen LogP contribution < -0.4 is 36.3 Å². The summed E-state index contributed by atoms with van der Waals surface area (Å²) in [7, 11) is 7.90. The molecule has 17 heteroatoms. The van der Waals surface area contributed by atoms with E-state index < -0.39 is 17.6 Å². The van der Waals surface area contributed by atoms with Gasteiger partial charge in [-0.2, -0.15) is 23.1 Å². The van der Waals surface area contributed by atoms with Crippen LogP contribution in [0, 0.1) is 5.82 Å². The van der Waals surface area contributed by atoms with Gasteiger partial charge in [-0.05, 0) is 65.2 Å². The second kappa shape index (κ2) is 17.7. The number of hydrogen-bond acceptors (Lipinski definition) is 13. The van der Waals surface area contributed by atoms with Crippen molar-refractivity contribution in [1.82, 2.24) is 19.9 Å². The molecule has 0 spiro atoms. The Bertz CT molecular complexity index is 2280. The SMILES string of the molecule is CNc1nc(N)nc2cc(-c3c(OCCOC)cccc3C(F)(F)F)ccc12.CNc1nc(N)nc2cc(-c3cc(F)c(OC)c(OCCOC)c3)ccc12. The van der Waals surface area contributed by atoms with Crippen molar-refractivity contribution in [2.24, 2.45) is 0 Å². The fourth-order valence-electron chi connectivity index (χ4n) is 5.71. The zero-order chi connectivity index (χ0) is 39.7. The average Bonchev–Trinajstić information content (AvgIpc) is 3.16. The first-order chi connectivity index (χ1) is 26.4. The van der Waals surface area contributed by atoms with Crippen LogP contribution in [0.4, 0.5) is 41.1 Å². The number of nitrogens with two attached hydrogens (primary N) is 2. The highest BCUT2D eigenvalue weighted by atomic mass is 19.4. The number of methoxy groups -OCH3 is 3. The van der Waals surface area contributed by atoms with Crippen LogP contribution in [0.25, 0.3) is 44.1 Å². The lowest BCUT2D eigenvalue weighted by Gasteiger charge is -2.18. The van der Waals surface area contributed by atoms with Gasteiger partial charge in [0.1, 0.15) is 30.6 Å². The summed E-state index contributed by atoms with van der Waals surface area (Å²) in [6, 6.07) is 17.3. The van der Waals surface area contributed by atoms with E-state index in [1.807, 2.05) is 18.2 Å². The zero-order valence-corrected chi connectivity index (χ0v) is 30.7. The van der Waals surface area contributed by atoms with Gasteiger partial charge in [-0.1, -0.05) is 18.2 Å². The van der Waals surface area contributed by atoms with Gasteiger partial charge in [-0.15, -0.1) is 0 Å². The molecular formula is C38H40F4N8O5. The summed E-state index contributed by atoms with van der Waals surface area (Å²) in [5.74, 6) is 1.27. The molecule has 6 N–H and O–H groups in total. The molecule has 6 rings (SSSR count). The van der Waals surface area contributed by atoms with E-state index in [4.69, 9.17) is 35.2 Å². The third-order valence-corrected chi connectivity index (χ3v) is 8.16. The molecule has 0 aliphatic carbocycles. The standard InChI is InChI=1S/C19H19F3N4O2.C19H21FN4O3/c1-24-17-12-7-6-11(10-14(12)25-18(23)26-17)16-13(19(20,21)22)4-3-5-15(16)28-9-8-27-2;1-22-18-13-5-4-11(9-15(13)23-19(21)24-18)12-8-14(20)17(26-3)16(10-12)27-7-6-25-2/h3-7,10H,8-9H2,1-2H3,(H3,23,24,25,26);4-5,8-10H,6-7H2,1-3H3,(H3,21,22,23,24). The molecule has 0 bridgehead atoms. The van der Waals surface area contributed by atoms with Gasteiger partial charge in [0, 0.05) is 44.7 Å². The minimum Gasteiger partial charge on any atom is -0.491 e. The number of nitrogens with one attached hydrogen (secondary N) is 2. The van der Waals surface area contributed by atoms with Crippen molar-refractivity contribution in [2.45, 2.75) is 6.18 Å². The number of ether oxygens (including phenoxy) is 5. The molecule has 290 valence electrons. The normalized spacial score (nSPS) is 11.2. The minimum atomic E-state index is -4.55. The van der Waals surface area contributed by atoms with E-state index in [1.54, 1.807) is 45.5 Å². The van der Waals surface area contributed by atoms with Crippen molar-refractivity contribution < 1.29 is 41.2 Å². The number of hydrogen-bond donors (Lipinski definition) is 4. The van der Waals surface area contributed by atoms with Crippen LogP contribution >= 0.6 is 0 Å². The summed E-state index contributed by atoms with van der Waals surface area (Å²) in [6.07, 6.45) is -4.55. The molecule has 0 fully saturated rings. The Morgan fingerprint density at radius 2 is 1.18 bits per heavy atom. The molecule has 0 aliphatic rings. The molecule has 13 nitrogen and oxygen atoms in total. The van der Waals surface area contributed by atoms with Gasteiger partial charge in [0.25, 0.3) is 0 Å². The maximum atomic E-state index is 14.5. The number of halogens is 4. The summed E-state index contributed by atoms with van der Waals surface area (Å²) in [5.41, 5.74) is 13.4. The molecule has 0 aliphatic heterocycles. The van der Waals surface area contributed by atoms with Gasteiger partial charge in [-0.3, -0.25) is 0 Å². The van der Waals surface area contributed by atoms with E-state index in [-0.39, 0.29) is 48.8 Å². The monoisotopic (exact) mass is 764 g/mol. The van der Waals surface area contributed by atoms with E-state index in [1.165, 1.54) is 32.4 Å². The molecule has 4 aromatic carbocycles. The van der Waals surface area contributed by atoms with Crippen molar-refractivity contribution in [3.63, 3.8) is 0 Å². The second-order valence-electron chi connectivity index (χ2n) is 11.7. The zero-order valence-electron chi connectivity index (χ0n) is 30.7. The van der Waals surface area contributed by atoms with Gasteiger partial charge in [0.2, 0.25) is 11.9 Å². The lowest BCUT2D eigenvalue weighted by atomic mass is 9.97. The predicted molar refractivity (Wildman–Crippen MR) is 204 cm³/mol. The summed E-state index contributed by atoms with van der Waals surface area (Å²) < 4.78 is 81.7. The molecule has 0 radical (unpaired) electrons. The number of anilines is 4. The average molecular weight is 765 g/mol. The topological polar surface area (TPSA) is 174 Å². The number of nitrogen functional groups attached to an aromatic ring is 2. The molecule has 55 heavy (non-hydrogen) atoms. The molecule has 0 saturated carbocycles. The van der Waals surface area contributed by atoms with Crippen LogP contribution in [0.3, 0.4) is 0 Å². The van der Waals surface area contributed by atoms with Gasteiger partial charge in [0.05, 0.1) is 36.9 Å². The number of aromatic nitrogens is 4. The van der Waals surface area contributed by atoms with Crippen LogP contribution in [0.15, 0.2) is 66.7 Å². The fourth-order valence-corrected chi connectivity index (χ4v) is 5.71. The van der Waals surface area contributed by atoms with E-state index in [0.717, 1.165) is 17.0 Å². The van der Waals surface area contributed by atoms with Gasteiger partial charge >= 0.3 is 6.18 Å². The van der Waals surface area contributed by atoms with Crippen LogP contribution in [0.5, 0.6) is 17.2 Å². The minimum absolute atomic E-state index is 0.0228. The Labute approximate surface area is 314 Å². The molecule has 0 atom stereocenters. The third kappa shape index (κ3) is 9.31. The van der Waals surface area contributed by atoms with Crippen molar-refractivity contribution in [3.05, 3.63) is 78.1 Å². The first kappa shape index (κ1) is 40.0. The quantitative estimate of drug-likeness (QED) is 0.0696. The maximum Gasteiger partial charge on any atom is 0.417 e. The van der Waals surface area contributed by atoms with Gasteiger partial charge in [-0.25, -0.2) is 14.4 Å². The van der Waals surface area contributed by atoms with Crippen molar-refractivity contribution in [2.75, 3.05) is 84.0 Å². The second-order valence-corrected chi connectivity index (χ2v) is 11.7. The maximum absolute atomic E-state index is 14.5. The largest absolute Gasteiger partial charge is 0.491 e. The summed E-state index contributed by atoms with van der Waals surface area (Å²) in [6.45, 7) is 1.04. The predicted octanol–water partition coefficient (Wildman–Crippen LogP) is 7.06. The molecule has 0 amide bonds. The van der Waals surface area contributed by atoms with Crippen LogP contribution in [0.2, 0.25) is 0 Å². The highest BCUT2D eigenvalue weighted by Gasteiger charge is 2.35. The van der Waals surface area contributed by atoms with Crippen molar-refractivity contribution in [1.29, 1.82) is 0 Å². The molecule has 0 saturated heterocycles. The van der Waals surface area contributed by atoms with Crippen molar-refractivity contribution >= 4 is 45.3 Å². The van der Waals surface area contributed by atoms with E-state index in [2.05, 4.69) is 30.6 Å². The number of fused-ring (bicyclic) bond motifs is 2.